The smallest absolute Gasteiger partial charge is 0.287 e. The molecule has 0 bridgehead atoms. The quantitative estimate of drug-likeness (QED) is 0.379. The van der Waals surface area contributed by atoms with Crippen LogP contribution in [0.2, 0.25) is 0 Å². The van der Waals surface area contributed by atoms with Gasteiger partial charge in [0.05, 0.1) is 16.1 Å². The molecule has 0 saturated carbocycles. The zero-order chi connectivity index (χ0) is 23.8. The molecule has 0 aliphatic carbocycles. The van der Waals surface area contributed by atoms with Crippen molar-refractivity contribution >= 4 is 16.7 Å². The Morgan fingerprint density at radius 2 is 1.73 bits per heavy atom. The van der Waals surface area contributed by atoms with Gasteiger partial charge < -0.3 is 0 Å². The lowest BCUT2D eigenvalue weighted by molar-refractivity contribution is -0.137. The fourth-order valence-electron chi connectivity index (χ4n) is 4.56. The summed E-state index contributed by atoms with van der Waals surface area (Å²) in [6, 6.07) is 18.8. The van der Waals surface area contributed by atoms with E-state index in [2.05, 4.69) is 13.8 Å². The molecule has 0 aromatic heterocycles. The van der Waals surface area contributed by atoms with E-state index >= 15 is 0 Å². The highest BCUT2D eigenvalue weighted by Crippen LogP contribution is 2.39. The Morgan fingerprint density at radius 3 is 2.42 bits per heavy atom. The molecule has 1 unspecified atom stereocenters. The van der Waals surface area contributed by atoms with E-state index in [0.717, 1.165) is 40.6 Å². The molecule has 0 N–H and O–H groups in total. The van der Waals surface area contributed by atoms with Crippen molar-refractivity contribution in [2.75, 3.05) is 10.8 Å². The molecule has 0 amide bonds. The van der Waals surface area contributed by atoms with E-state index < -0.39 is 22.7 Å². The van der Waals surface area contributed by atoms with Gasteiger partial charge in [-0.15, -0.1) is 0 Å². The van der Waals surface area contributed by atoms with Crippen molar-refractivity contribution in [3.8, 4) is 11.1 Å². The lowest BCUT2D eigenvalue weighted by Crippen LogP contribution is -2.37. The van der Waals surface area contributed by atoms with Gasteiger partial charge in [-0.25, -0.2) is 4.21 Å². The summed E-state index contributed by atoms with van der Waals surface area (Å²) in [5, 5.41) is 0. The van der Waals surface area contributed by atoms with E-state index in [0.29, 0.717) is 29.5 Å². The fourth-order valence-corrected chi connectivity index (χ4v) is 6.00. The van der Waals surface area contributed by atoms with Gasteiger partial charge in [0.25, 0.3) is 0 Å². The number of benzene rings is 3. The van der Waals surface area contributed by atoms with Crippen LogP contribution in [0.4, 0.5) is 18.9 Å². The minimum absolute atomic E-state index is 0.366. The summed E-state index contributed by atoms with van der Waals surface area (Å²) < 4.78 is 55.3. The summed E-state index contributed by atoms with van der Waals surface area (Å²) in [6.07, 6.45) is -2.50. The number of alkyl halides is 3. The maximum Gasteiger partial charge on any atom is 0.416 e. The van der Waals surface area contributed by atoms with Crippen LogP contribution in [0.3, 0.4) is 0 Å². The summed E-state index contributed by atoms with van der Waals surface area (Å²) in [5.41, 5.74) is 3.48. The Hall–Kier alpha value is -2.60. The van der Waals surface area contributed by atoms with Crippen LogP contribution in [-0.4, -0.2) is 10.8 Å². The predicted octanol–water partition coefficient (Wildman–Crippen LogP) is 7.43. The summed E-state index contributed by atoms with van der Waals surface area (Å²) in [4.78, 5) is 0.732. The zero-order valence-corrected chi connectivity index (χ0v) is 19.8. The summed E-state index contributed by atoms with van der Waals surface area (Å²) >= 11 is 0. The van der Waals surface area contributed by atoms with E-state index in [9.17, 15) is 17.4 Å². The van der Waals surface area contributed by atoms with E-state index in [4.69, 9.17) is 0 Å². The second-order valence-electron chi connectivity index (χ2n) is 9.25. The molecule has 1 aliphatic heterocycles. The minimum atomic E-state index is -4.40. The van der Waals surface area contributed by atoms with E-state index in [-0.39, 0.29) is 0 Å². The number of halogens is 3. The third kappa shape index (κ3) is 5.32. The van der Waals surface area contributed by atoms with Crippen molar-refractivity contribution < 1.29 is 17.4 Å². The van der Waals surface area contributed by atoms with Gasteiger partial charge in [-0.2, -0.15) is 13.2 Å². The first-order chi connectivity index (χ1) is 15.6. The van der Waals surface area contributed by atoms with Crippen molar-refractivity contribution in [3.63, 3.8) is 0 Å². The molecule has 0 spiro atoms. The Kier molecular flexibility index (Phi) is 6.66. The SMILES string of the molecule is Cc1cccc(S(=O)N2C[C@H](CC(C)C)Cc3ccc(-c4cccc(C(F)(F)F)c4)cc32)c1. The summed E-state index contributed by atoms with van der Waals surface area (Å²) in [7, 11) is -1.41. The minimum Gasteiger partial charge on any atom is -0.287 e. The van der Waals surface area contributed by atoms with Crippen molar-refractivity contribution in [2.45, 2.75) is 44.7 Å². The van der Waals surface area contributed by atoms with Gasteiger partial charge in [0.1, 0.15) is 0 Å². The van der Waals surface area contributed by atoms with Crippen LogP contribution in [-0.2, 0) is 23.6 Å². The molecule has 0 saturated heterocycles. The largest absolute Gasteiger partial charge is 0.416 e. The van der Waals surface area contributed by atoms with Crippen molar-refractivity contribution in [2.24, 2.45) is 11.8 Å². The molecule has 3 aromatic carbocycles. The van der Waals surface area contributed by atoms with E-state index in [1.807, 2.05) is 53.7 Å². The molecule has 1 heterocycles. The third-order valence-corrected chi connectivity index (χ3v) is 7.41. The maximum atomic E-state index is 13.7. The van der Waals surface area contributed by atoms with Crippen LogP contribution in [0.5, 0.6) is 0 Å². The number of hydrogen-bond acceptors (Lipinski definition) is 1. The highest BCUT2D eigenvalue weighted by molar-refractivity contribution is 7.86. The topological polar surface area (TPSA) is 20.3 Å². The van der Waals surface area contributed by atoms with Crippen LogP contribution in [0.25, 0.3) is 11.1 Å². The first-order valence-electron chi connectivity index (χ1n) is 11.2. The van der Waals surface area contributed by atoms with Crippen molar-refractivity contribution in [1.82, 2.24) is 0 Å². The number of anilines is 1. The van der Waals surface area contributed by atoms with Crippen molar-refractivity contribution in [3.05, 3.63) is 83.4 Å². The molecule has 1 aliphatic rings. The van der Waals surface area contributed by atoms with E-state index in [1.54, 1.807) is 6.07 Å². The third-order valence-electron chi connectivity index (χ3n) is 6.01. The van der Waals surface area contributed by atoms with Gasteiger partial charge in [-0.3, -0.25) is 4.31 Å². The predicted molar refractivity (Wildman–Crippen MR) is 128 cm³/mol. The molecule has 4 rings (SSSR count). The number of nitrogens with zero attached hydrogens (tertiary/aromatic N) is 1. The Balaban J connectivity index is 1.76. The van der Waals surface area contributed by atoms with Gasteiger partial charge in [-0.1, -0.05) is 50.2 Å². The van der Waals surface area contributed by atoms with Crippen LogP contribution in [0.1, 0.15) is 37.0 Å². The Bertz CT molecular complexity index is 1170. The average Bonchev–Trinajstić information content (AvgIpc) is 2.77. The number of aryl methyl sites for hydroxylation is 1. The van der Waals surface area contributed by atoms with Crippen molar-refractivity contribution in [1.29, 1.82) is 0 Å². The molecule has 174 valence electrons. The van der Waals surface area contributed by atoms with E-state index in [1.165, 1.54) is 12.1 Å². The highest BCUT2D eigenvalue weighted by atomic mass is 32.2. The van der Waals surface area contributed by atoms with Gasteiger partial charge in [-0.05, 0) is 84.2 Å². The van der Waals surface area contributed by atoms with Gasteiger partial charge >= 0.3 is 6.18 Å². The lowest BCUT2D eigenvalue weighted by Gasteiger charge is -2.36. The normalized spacial score (nSPS) is 17.2. The van der Waals surface area contributed by atoms with Crippen LogP contribution in [0, 0.1) is 18.8 Å². The first kappa shape index (κ1) is 23.6. The summed E-state index contributed by atoms with van der Waals surface area (Å²) in [5.74, 6) is 0.890. The fraction of sp³-hybridized carbons (Fsp3) is 0.333. The molecule has 33 heavy (non-hydrogen) atoms. The number of fused-ring (bicyclic) bond motifs is 1. The highest BCUT2D eigenvalue weighted by Gasteiger charge is 2.31. The lowest BCUT2D eigenvalue weighted by atomic mass is 9.86. The number of rotatable bonds is 5. The molecule has 0 radical (unpaired) electrons. The summed E-state index contributed by atoms with van der Waals surface area (Å²) in [6.45, 7) is 7.00. The van der Waals surface area contributed by atoms with Gasteiger partial charge in [0.2, 0.25) is 0 Å². The second kappa shape index (κ2) is 9.34. The van der Waals surface area contributed by atoms with Gasteiger partial charge in [0.15, 0.2) is 11.0 Å². The monoisotopic (exact) mass is 471 g/mol. The van der Waals surface area contributed by atoms with Crippen LogP contribution in [0.15, 0.2) is 71.6 Å². The van der Waals surface area contributed by atoms with Crippen LogP contribution < -0.4 is 4.31 Å². The molecule has 2 atom stereocenters. The Labute approximate surface area is 196 Å². The zero-order valence-electron chi connectivity index (χ0n) is 19.0. The molecule has 0 fully saturated rings. The average molecular weight is 472 g/mol. The molecule has 3 aromatic rings. The maximum absolute atomic E-state index is 13.7. The van der Waals surface area contributed by atoms with Gasteiger partial charge in [0, 0.05) is 6.54 Å². The van der Waals surface area contributed by atoms with Crippen LogP contribution >= 0.6 is 0 Å². The standard InChI is InChI=1S/C27H28F3NOS/c1-18(2)12-20-14-23-11-10-22(21-7-5-8-24(15-21)27(28,29)30)16-26(23)31(17-20)33(32)25-9-4-6-19(3)13-25/h4-11,13,15-16,18,20H,12,14,17H2,1-3H3/t20-,33?/m1/s1. The second-order valence-corrected chi connectivity index (χ2v) is 10.7. The molecule has 6 heteroatoms. The number of hydrogen-bond donors (Lipinski definition) is 0. The molecular weight excluding hydrogens is 443 g/mol. The first-order valence-corrected chi connectivity index (χ1v) is 12.3. The molecule has 2 nitrogen and oxygen atoms in total. The molecular formula is C27H28F3NOS. The Morgan fingerprint density at radius 1 is 1.00 bits per heavy atom.